The van der Waals surface area contributed by atoms with Crippen LogP contribution in [0.2, 0.25) is 0 Å². The standard InChI is InChI=1S/C24H22N6O2/c1-16(18-5-4-9-25-14-18)27-23(31)17-7-8-21-20(13-17)28-22-24(32)29(11-12-30(21)22)15-19-6-2-3-10-26-19/h2-10,13-14,16H,11-12,15H2,1H3,(H,27,31). The summed E-state index contributed by atoms with van der Waals surface area (Å²) in [5.74, 6) is 0.0649. The topological polar surface area (TPSA) is 93.0 Å². The summed E-state index contributed by atoms with van der Waals surface area (Å²) in [6, 6.07) is 14.6. The molecule has 4 aromatic rings. The number of aromatic nitrogens is 4. The summed E-state index contributed by atoms with van der Waals surface area (Å²) in [7, 11) is 0. The van der Waals surface area contributed by atoms with Crippen LogP contribution < -0.4 is 5.32 Å². The average Bonchev–Trinajstić information content (AvgIpc) is 3.21. The van der Waals surface area contributed by atoms with Crippen molar-refractivity contribution in [3.63, 3.8) is 0 Å². The zero-order valence-electron chi connectivity index (χ0n) is 17.6. The quantitative estimate of drug-likeness (QED) is 0.530. The number of rotatable bonds is 5. The van der Waals surface area contributed by atoms with Gasteiger partial charge in [-0.25, -0.2) is 4.98 Å². The molecule has 0 fully saturated rings. The Morgan fingerprint density at radius 3 is 2.81 bits per heavy atom. The van der Waals surface area contributed by atoms with Crippen molar-refractivity contribution in [2.75, 3.05) is 6.54 Å². The van der Waals surface area contributed by atoms with E-state index < -0.39 is 0 Å². The van der Waals surface area contributed by atoms with Crippen LogP contribution >= 0.6 is 0 Å². The Bertz CT molecular complexity index is 1290. The summed E-state index contributed by atoms with van der Waals surface area (Å²) >= 11 is 0. The van der Waals surface area contributed by atoms with Crippen molar-refractivity contribution in [1.29, 1.82) is 0 Å². The Labute approximate surface area is 184 Å². The van der Waals surface area contributed by atoms with Crippen LogP contribution in [0.4, 0.5) is 0 Å². The summed E-state index contributed by atoms with van der Waals surface area (Å²) in [4.78, 5) is 40.6. The maximum absolute atomic E-state index is 13.0. The normalized spacial score (nSPS) is 14.3. The van der Waals surface area contributed by atoms with E-state index in [1.807, 2.05) is 47.9 Å². The largest absolute Gasteiger partial charge is 0.345 e. The first-order valence-electron chi connectivity index (χ1n) is 10.5. The number of imidazole rings is 1. The molecule has 0 spiro atoms. The van der Waals surface area contributed by atoms with Gasteiger partial charge in [-0.05, 0) is 48.9 Å². The van der Waals surface area contributed by atoms with Crippen molar-refractivity contribution < 1.29 is 9.59 Å². The molecule has 0 radical (unpaired) electrons. The molecule has 32 heavy (non-hydrogen) atoms. The molecule has 1 unspecified atom stereocenters. The van der Waals surface area contributed by atoms with E-state index in [0.717, 1.165) is 16.8 Å². The molecule has 4 heterocycles. The Kier molecular flexibility index (Phi) is 5.10. The second kappa shape index (κ2) is 8.22. The number of hydrogen-bond acceptors (Lipinski definition) is 5. The third-order valence-corrected chi connectivity index (χ3v) is 5.69. The molecule has 0 saturated heterocycles. The minimum absolute atomic E-state index is 0.130. The van der Waals surface area contributed by atoms with Gasteiger partial charge in [0.05, 0.1) is 29.3 Å². The SMILES string of the molecule is CC(NC(=O)c1ccc2c(c1)nc1n2CCN(Cc2ccccn2)C1=O)c1cccnc1. The Hall–Kier alpha value is -4.07. The molecule has 1 N–H and O–H groups in total. The van der Waals surface area contributed by atoms with Gasteiger partial charge in [0.15, 0.2) is 5.82 Å². The first-order valence-corrected chi connectivity index (χ1v) is 10.5. The zero-order valence-corrected chi connectivity index (χ0v) is 17.6. The van der Waals surface area contributed by atoms with Gasteiger partial charge in [-0.1, -0.05) is 12.1 Å². The van der Waals surface area contributed by atoms with Crippen molar-refractivity contribution in [2.24, 2.45) is 0 Å². The molecule has 1 aliphatic rings. The molecule has 8 nitrogen and oxygen atoms in total. The van der Waals surface area contributed by atoms with Gasteiger partial charge in [0.2, 0.25) is 0 Å². The van der Waals surface area contributed by atoms with E-state index >= 15 is 0 Å². The van der Waals surface area contributed by atoms with Crippen LogP contribution in [-0.4, -0.2) is 42.8 Å². The summed E-state index contributed by atoms with van der Waals surface area (Å²) in [6.45, 7) is 3.59. The Morgan fingerprint density at radius 2 is 2.03 bits per heavy atom. The summed E-state index contributed by atoms with van der Waals surface area (Å²) < 4.78 is 1.92. The predicted octanol–water partition coefficient (Wildman–Crippen LogP) is 2.97. The first-order chi connectivity index (χ1) is 15.6. The molecule has 1 aliphatic heterocycles. The van der Waals surface area contributed by atoms with Crippen molar-refractivity contribution in [2.45, 2.75) is 26.1 Å². The number of fused-ring (bicyclic) bond motifs is 3. The van der Waals surface area contributed by atoms with Crippen molar-refractivity contribution in [3.05, 3.63) is 89.8 Å². The van der Waals surface area contributed by atoms with Gasteiger partial charge >= 0.3 is 0 Å². The fourth-order valence-electron chi connectivity index (χ4n) is 3.96. The van der Waals surface area contributed by atoms with E-state index in [-0.39, 0.29) is 17.9 Å². The van der Waals surface area contributed by atoms with Gasteiger partial charge in [0.1, 0.15) is 0 Å². The number of amides is 2. The third kappa shape index (κ3) is 3.71. The van der Waals surface area contributed by atoms with Crippen LogP contribution in [0.1, 0.15) is 45.2 Å². The first kappa shape index (κ1) is 19.9. The zero-order chi connectivity index (χ0) is 22.1. The lowest BCUT2D eigenvalue weighted by molar-refractivity contribution is 0.0682. The number of benzene rings is 1. The van der Waals surface area contributed by atoms with E-state index in [4.69, 9.17) is 0 Å². The highest BCUT2D eigenvalue weighted by Gasteiger charge is 2.28. The summed E-state index contributed by atoms with van der Waals surface area (Å²) in [5.41, 5.74) is 3.75. The van der Waals surface area contributed by atoms with Crippen LogP contribution in [0.5, 0.6) is 0 Å². The second-order valence-corrected chi connectivity index (χ2v) is 7.82. The fourth-order valence-corrected chi connectivity index (χ4v) is 3.96. The monoisotopic (exact) mass is 426 g/mol. The molecule has 1 aromatic carbocycles. The molecule has 0 saturated carbocycles. The molecule has 2 amide bonds. The number of hydrogen-bond donors (Lipinski definition) is 1. The van der Waals surface area contributed by atoms with E-state index in [1.54, 1.807) is 35.6 Å². The van der Waals surface area contributed by atoms with E-state index in [1.165, 1.54) is 0 Å². The van der Waals surface area contributed by atoms with Gasteiger partial charge in [-0.15, -0.1) is 0 Å². The maximum Gasteiger partial charge on any atom is 0.290 e. The lowest BCUT2D eigenvalue weighted by Crippen LogP contribution is -2.40. The molecule has 5 rings (SSSR count). The molecular formula is C24H22N6O2. The molecule has 1 atom stereocenters. The lowest BCUT2D eigenvalue weighted by atomic mass is 10.1. The van der Waals surface area contributed by atoms with E-state index in [0.29, 0.717) is 36.5 Å². The highest BCUT2D eigenvalue weighted by molar-refractivity contribution is 6.00. The molecule has 3 aromatic heterocycles. The molecule has 0 bridgehead atoms. The molecule has 0 aliphatic carbocycles. The van der Waals surface area contributed by atoms with Crippen LogP contribution in [-0.2, 0) is 13.1 Å². The van der Waals surface area contributed by atoms with Crippen LogP contribution in [0.25, 0.3) is 11.0 Å². The van der Waals surface area contributed by atoms with Crippen LogP contribution in [0, 0.1) is 0 Å². The number of pyridine rings is 2. The second-order valence-electron chi connectivity index (χ2n) is 7.82. The van der Waals surface area contributed by atoms with Gasteiger partial charge in [-0.3, -0.25) is 19.6 Å². The molecule has 8 heteroatoms. The minimum atomic E-state index is -0.197. The number of carbonyl (C=O) groups excluding carboxylic acids is 2. The average molecular weight is 426 g/mol. The van der Waals surface area contributed by atoms with Crippen molar-refractivity contribution in [1.82, 2.24) is 29.7 Å². The van der Waals surface area contributed by atoms with E-state index in [2.05, 4.69) is 20.3 Å². The molecule has 160 valence electrons. The highest BCUT2D eigenvalue weighted by atomic mass is 16.2. The van der Waals surface area contributed by atoms with Crippen LogP contribution in [0.3, 0.4) is 0 Å². The van der Waals surface area contributed by atoms with E-state index in [9.17, 15) is 9.59 Å². The lowest BCUT2D eigenvalue weighted by Gasteiger charge is -2.27. The number of carbonyl (C=O) groups is 2. The highest BCUT2D eigenvalue weighted by Crippen LogP contribution is 2.23. The van der Waals surface area contributed by atoms with Gasteiger partial charge in [0, 0.05) is 37.2 Å². The minimum Gasteiger partial charge on any atom is -0.345 e. The maximum atomic E-state index is 13.0. The van der Waals surface area contributed by atoms with Crippen molar-refractivity contribution >= 4 is 22.8 Å². The summed E-state index contributed by atoms with van der Waals surface area (Å²) in [6.07, 6.45) is 5.16. The van der Waals surface area contributed by atoms with Gasteiger partial charge < -0.3 is 14.8 Å². The fraction of sp³-hybridized carbons (Fsp3) is 0.208. The summed E-state index contributed by atoms with van der Waals surface area (Å²) in [5, 5.41) is 2.99. The predicted molar refractivity (Wildman–Crippen MR) is 119 cm³/mol. The smallest absolute Gasteiger partial charge is 0.290 e. The molecular weight excluding hydrogens is 404 g/mol. The number of nitrogens with one attached hydrogen (secondary N) is 1. The third-order valence-electron chi connectivity index (χ3n) is 5.69. The van der Waals surface area contributed by atoms with Gasteiger partial charge in [0.25, 0.3) is 11.8 Å². The Balaban J connectivity index is 1.37. The number of nitrogens with zero attached hydrogens (tertiary/aromatic N) is 5. The van der Waals surface area contributed by atoms with Gasteiger partial charge in [-0.2, -0.15) is 0 Å². The van der Waals surface area contributed by atoms with Crippen LogP contribution in [0.15, 0.2) is 67.1 Å². The van der Waals surface area contributed by atoms with Crippen molar-refractivity contribution in [3.8, 4) is 0 Å². The Morgan fingerprint density at radius 1 is 1.12 bits per heavy atom.